The maximum Gasteiger partial charge on any atom is 0.234 e. The van der Waals surface area contributed by atoms with E-state index in [4.69, 9.17) is 4.74 Å². The number of carbonyl (C=O) groups excluding carboxylic acids is 1. The van der Waals surface area contributed by atoms with Gasteiger partial charge in [0.2, 0.25) is 5.91 Å². The van der Waals surface area contributed by atoms with E-state index in [1.165, 1.54) is 17.3 Å². The summed E-state index contributed by atoms with van der Waals surface area (Å²) in [6.45, 7) is 4.69. The normalized spacial score (nSPS) is 10.9. The van der Waals surface area contributed by atoms with Gasteiger partial charge in [0.15, 0.2) is 0 Å². The lowest BCUT2D eigenvalue weighted by atomic mass is 10.1. The summed E-state index contributed by atoms with van der Waals surface area (Å²) in [5.74, 6) is 0.950. The quantitative estimate of drug-likeness (QED) is 0.393. The monoisotopic (exact) mass is 432 g/mol. The standard InChI is InChI=1S/C24H24N4O2S/c1-3-17-5-7-18(8-6-17)21-15-22-24(25-13-14-28(22)27-21)31-16-23(29)26-19-9-11-20(12-10-19)30-4-2/h5-15H,3-4,16H2,1-2H3,(H,26,29). The number of hydrogen-bond donors (Lipinski definition) is 1. The third kappa shape index (κ3) is 5.06. The maximum absolute atomic E-state index is 12.4. The van der Waals surface area contributed by atoms with Gasteiger partial charge >= 0.3 is 0 Å². The first-order valence-electron chi connectivity index (χ1n) is 10.3. The Morgan fingerprint density at radius 1 is 1.10 bits per heavy atom. The highest BCUT2D eigenvalue weighted by molar-refractivity contribution is 8.00. The van der Waals surface area contributed by atoms with Crippen molar-refractivity contribution in [1.82, 2.24) is 14.6 Å². The highest BCUT2D eigenvalue weighted by Crippen LogP contribution is 2.26. The minimum Gasteiger partial charge on any atom is -0.494 e. The fourth-order valence-corrected chi connectivity index (χ4v) is 3.97. The lowest BCUT2D eigenvalue weighted by Crippen LogP contribution is -2.14. The zero-order valence-corrected chi connectivity index (χ0v) is 18.4. The molecule has 0 spiro atoms. The Balaban J connectivity index is 1.44. The molecular weight excluding hydrogens is 408 g/mol. The van der Waals surface area contributed by atoms with Gasteiger partial charge in [0.1, 0.15) is 10.8 Å². The highest BCUT2D eigenvalue weighted by Gasteiger charge is 2.12. The number of hydrogen-bond acceptors (Lipinski definition) is 5. The molecule has 0 atom stereocenters. The molecule has 1 N–H and O–H groups in total. The molecule has 4 aromatic rings. The van der Waals surface area contributed by atoms with E-state index in [1.807, 2.05) is 48.0 Å². The summed E-state index contributed by atoms with van der Waals surface area (Å²) in [5.41, 5.74) is 4.86. The molecule has 0 saturated heterocycles. The van der Waals surface area contributed by atoms with Gasteiger partial charge in [0.05, 0.1) is 23.6 Å². The molecule has 2 heterocycles. The topological polar surface area (TPSA) is 68.5 Å². The second-order valence-corrected chi connectivity index (χ2v) is 7.90. The molecule has 1 amide bonds. The number of benzene rings is 2. The Hall–Kier alpha value is -3.32. The van der Waals surface area contributed by atoms with E-state index in [-0.39, 0.29) is 11.7 Å². The number of rotatable bonds is 8. The third-order valence-electron chi connectivity index (χ3n) is 4.80. The van der Waals surface area contributed by atoms with Crippen molar-refractivity contribution >= 4 is 28.9 Å². The van der Waals surface area contributed by atoms with Crippen molar-refractivity contribution in [1.29, 1.82) is 0 Å². The van der Waals surface area contributed by atoms with Crippen molar-refractivity contribution in [2.24, 2.45) is 0 Å². The smallest absolute Gasteiger partial charge is 0.234 e. The number of carbonyl (C=O) groups is 1. The molecule has 7 heteroatoms. The van der Waals surface area contributed by atoms with Crippen molar-refractivity contribution in [2.45, 2.75) is 25.3 Å². The Kier molecular flexibility index (Phi) is 6.52. The molecule has 0 saturated carbocycles. The molecule has 158 valence electrons. The molecule has 0 aliphatic heterocycles. The van der Waals surface area contributed by atoms with E-state index in [9.17, 15) is 4.79 Å². The van der Waals surface area contributed by atoms with Gasteiger partial charge in [0.25, 0.3) is 0 Å². The average Bonchev–Trinajstić information content (AvgIpc) is 3.24. The number of fused-ring (bicyclic) bond motifs is 1. The molecule has 2 aromatic carbocycles. The average molecular weight is 433 g/mol. The van der Waals surface area contributed by atoms with Crippen LogP contribution >= 0.6 is 11.8 Å². The van der Waals surface area contributed by atoms with E-state index >= 15 is 0 Å². The SMILES string of the molecule is CCOc1ccc(NC(=O)CSc2nccn3nc(-c4ccc(CC)cc4)cc23)cc1. The van der Waals surface area contributed by atoms with Gasteiger partial charge in [-0.05, 0) is 49.2 Å². The Morgan fingerprint density at radius 2 is 1.87 bits per heavy atom. The van der Waals surface area contributed by atoms with Crippen LogP contribution < -0.4 is 10.1 Å². The van der Waals surface area contributed by atoms with Gasteiger partial charge in [-0.2, -0.15) is 5.10 Å². The summed E-state index contributed by atoms with van der Waals surface area (Å²) in [4.78, 5) is 16.9. The minimum atomic E-state index is -0.0899. The molecule has 0 radical (unpaired) electrons. The molecule has 31 heavy (non-hydrogen) atoms. The first kappa shape index (κ1) is 20.9. The van der Waals surface area contributed by atoms with Gasteiger partial charge in [-0.25, -0.2) is 9.50 Å². The van der Waals surface area contributed by atoms with Crippen LogP contribution in [0.1, 0.15) is 19.4 Å². The highest BCUT2D eigenvalue weighted by atomic mass is 32.2. The van der Waals surface area contributed by atoms with Gasteiger partial charge in [0, 0.05) is 23.6 Å². The number of nitrogens with zero attached hydrogens (tertiary/aromatic N) is 3. The minimum absolute atomic E-state index is 0.0899. The summed E-state index contributed by atoms with van der Waals surface area (Å²) in [7, 11) is 0. The molecule has 0 bridgehead atoms. The van der Waals surface area contributed by atoms with Crippen LogP contribution in [0.2, 0.25) is 0 Å². The Bertz CT molecular complexity index is 1170. The van der Waals surface area contributed by atoms with Crippen LogP contribution in [0.15, 0.2) is 72.0 Å². The van der Waals surface area contributed by atoms with Gasteiger partial charge in [-0.15, -0.1) is 0 Å². The Labute approximate surface area is 185 Å². The summed E-state index contributed by atoms with van der Waals surface area (Å²) in [6, 6.07) is 17.8. The zero-order chi connectivity index (χ0) is 21.6. The molecule has 0 unspecified atom stereocenters. The van der Waals surface area contributed by atoms with Crippen LogP contribution in [0.5, 0.6) is 5.75 Å². The summed E-state index contributed by atoms with van der Waals surface area (Å²) in [6.07, 6.45) is 4.54. The predicted octanol–water partition coefficient (Wildman–Crippen LogP) is 5.09. The van der Waals surface area contributed by atoms with Crippen molar-refractivity contribution in [3.63, 3.8) is 0 Å². The van der Waals surface area contributed by atoms with Crippen LogP contribution in [-0.2, 0) is 11.2 Å². The van der Waals surface area contributed by atoms with Gasteiger partial charge < -0.3 is 10.1 Å². The lowest BCUT2D eigenvalue weighted by Gasteiger charge is -2.07. The number of ether oxygens (including phenoxy) is 1. The molecule has 0 fully saturated rings. The number of thioether (sulfide) groups is 1. The van der Waals surface area contributed by atoms with Crippen molar-refractivity contribution in [2.75, 3.05) is 17.7 Å². The molecule has 4 rings (SSSR count). The van der Waals surface area contributed by atoms with Gasteiger partial charge in [-0.3, -0.25) is 4.79 Å². The fraction of sp³-hybridized carbons (Fsp3) is 0.208. The van der Waals surface area contributed by atoms with Crippen LogP contribution in [0, 0.1) is 0 Å². The van der Waals surface area contributed by atoms with Crippen molar-refractivity contribution in [3.05, 3.63) is 72.6 Å². The molecule has 2 aromatic heterocycles. The second-order valence-electron chi connectivity index (χ2n) is 6.94. The third-order valence-corrected chi connectivity index (χ3v) is 5.80. The van der Waals surface area contributed by atoms with Crippen LogP contribution in [-0.4, -0.2) is 32.9 Å². The van der Waals surface area contributed by atoms with Crippen LogP contribution in [0.25, 0.3) is 16.8 Å². The zero-order valence-electron chi connectivity index (χ0n) is 17.5. The summed E-state index contributed by atoms with van der Waals surface area (Å²) in [5, 5.41) is 8.35. The predicted molar refractivity (Wildman–Crippen MR) is 125 cm³/mol. The number of aromatic nitrogens is 3. The summed E-state index contributed by atoms with van der Waals surface area (Å²) < 4.78 is 7.23. The molecule has 0 aliphatic rings. The first-order chi connectivity index (χ1) is 15.2. The number of anilines is 1. The molecular formula is C24H24N4O2S. The number of nitrogens with one attached hydrogen (secondary N) is 1. The largest absolute Gasteiger partial charge is 0.494 e. The van der Waals surface area contributed by atoms with Crippen molar-refractivity contribution < 1.29 is 9.53 Å². The first-order valence-corrected chi connectivity index (χ1v) is 11.2. The summed E-state index contributed by atoms with van der Waals surface area (Å²) >= 11 is 1.39. The second kappa shape index (κ2) is 9.66. The van der Waals surface area contributed by atoms with Crippen molar-refractivity contribution in [3.8, 4) is 17.0 Å². The van der Waals surface area contributed by atoms with E-state index in [0.29, 0.717) is 6.61 Å². The Morgan fingerprint density at radius 3 is 2.58 bits per heavy atom. The van der Waals surface area contributed by atoms with Crippen LogP contribution in [0.3, 0.4) is 0 Å². The van der Waals surface area contributed by atoms with Crippen LogP contribution in [0.4, 0.5) is 5.69 Å². The van der Waals surface area contributed by atoms with E-state index in [2.05, 4.69) is 46.6 Å². The lowest BCUT2D eigenvalue weighted by molar-refractivity contribution is -0.113. The molecule has 6 nitrogen and oxygen atoms in total. The number of amides is 1. The van der Waals surface area contributed by atoms with E-state index in [1.54, 1.807) is 6.20 Å². The number of aryl methyl sites for hydroxylation is 1. The van der Waals surface area contributed by atoms with Gasteiger partial charge in [-0.1, -0.05) is 43.0 Å². The van der Waals surface area contributed by atoms with E-state index < -0.39 is 0 Å². The maximum atomic E-state index is 12.4. The van der Waals surface area contributed by atoms with E-state index in [0.717, 1.165) is 39.7 Å². The fourth-order valence-electron chi connectivity index (χ4n) is 3.19. The molecule has 0 aliphatic carbocycles.